The van der Waals surface area contributed by atoms with Crippen molar-refractivity contribution in [1.82, 2.24) is 15.5 Å². The van der Waals surface area contributed by atoms with Gasteiger partial charge >= 0.3 is 12.1 Å². The van der Waals surface area contributed by atoms with Crippen LogP contribution in [0.3, 0.4) is 0 Å². The molecule has 0 radical (unpaired) electrons. The van der Waals surface area contributed by atoms with Crippen LogP contribution in [0.5, 0.6) is 0 Å². The number of aryl methyl sites for hydroxylation is 1. The minimum Gasteiger partial charge on any atom is -0.467 e. The number of anilines is 1. The van der Waals surface area contributed by atoms with Crippen molar-refractivity contribution >= 4 is 17.7 Å². The third-order valence-electron chi connectivity index (χ3n) is 5.48. The molecular weight excluding hydrogens is 356 g/mol. The van der Waals surface area contributed by atoms with E-state index in [1.54, 1.807) is 17.2 Å². The highest BCUT2D eigenvalue weighted by Crippen LogP contribution is 2.29. The van der Waals surface area contributed by atoms with Gasteiger partial charge in [0.15, 0.2) is 0 Å². The number of nitrogens with one attached hydrogen (secondary N) is 2. The minimum absolute atomic E-state index is 0.0386. The molecule has 0 atom stereocenters. The number of carbonyl (C=O) groups is 2. The van der Waals surface area contributed by atoms with E-state index >= 15 is 0 Å². The fourth-order valence-electron chi connectivity index (χ4n) is 3.91. The summed E-state index contributed by atoms with van der Waals surface area (Å²) in [5.41, 5.74) is 3.47. The number of urea groups is 2. The third kappa shape index (κ3) is 3.98. The number of nitrogens with zero attached hydrogens (tertiary/aromatic N) is 2. The number of rotatable bonds is 3. The zero-order valence-electron chi connectivity index (χ0n) is 16.1. The first-order valence-electron chi connectivity index (χ1n) is 9.83. The molecule has 1 saturated heterocycles. The lowest BCUT2D eigenvalue weighted by atomic mass is 10.1. The molecule has 0 spiro atoms. The molecule has 7 heteroatoms. The molecule has 3 heterocycles. The highest BCUT2D eigenvalue weighted by molar-refractivity contribution is 5.94. The van der Waals surface area contributed by atoms with Crippen molar-refractivity contribution in [1.29, 1.82) is 0 Å². The van der Waals surface area contributed by atoms with E-state index in [2.05, 4.69) is 23.6 Å². The van der Waals surface area contributed by atoms with Crippen LogP contribution in [0, 0.1) is 6.92 Å². The summed E-state index contributed by atoms with van der Waals surface area (Å²) in [6.45, 7) is 4.44. The second-order valence-electron chi connectivity index (χ2n) is 7.48. The molecule has 28 heavy (non-hydrogen) atoms. The third-order valence-corrected chi connectivity index (χ3v) is 5.48. The maximum atomic E-state index is 12.7. The molecule has 1 aromatic carbocycles. The number of likely N-dealkylation sites (tertiary alicyclic amines) is 1. The van der Waals surface area contributed by atoms with Gasteiger partial charge in [-0.1, -0.05) is 17.7 Å². The summed E-state index contributed by atoms with van der Waals surface area (Å²) in [7, 11) is 0. The molecule has 1 aromatic heterocycles. The van der Waals surface area contributed by atoms with Crippen molar-refractivity contribution in [3.63, 3.8) is 0 Å². The molecule has 0 bridgehead atoms. The van der Waals surface area contributed by atoms with E-state index in [1.807, 2.05) is 23.1 Å². The van der Waals surface area contributed by atoms with Gasteiger partial charge in [0.05, 0.1) is 12.8 Å². The Kier molecular flexibility index (Phi) is 5.23. The van der Waals surface area contributed by atoms with E-state index in [0.29, 0.717) is 19.6 Å². The van der Waals surface area contributed by atoms with Crippen molar-refractivity contribution in [3.8, 4) is 0 Å². The Morgan fingerprint density at radius 2 is 1.96 bits per heavy atom. The molecule has 2 aromatic rings. The Morgan fingerprint density at radius 3 is 2.71 bits per heavy atom. The van der Waals surface area contributed by atoms with E-state index in [4.69, 9.17) is 4.42 Å². The summed E-state index contributed by atoms with van der Waals surface area (Å²) < 4.78 is 5.23. The van der Waals surface area contributed by atoms with Gasteiger partial charge in [-0.25, -0.2) is 9.59 Å². The van der Waals surface area contributed by atoms with E-state index < -0.39 is 0 Å². The van der Waals surface area contributed by atoms with E-state index in [9.17, 15) is 9.59 Å². The number of hydrogen-bond acceptors (Lipinski definition) is 3. The smallest absolute Gasteiger partial charge is 0.322 e. The van der Waals surface area contributed by atoms with Crippen molar-refractivity contribution in [2.75, 3.05) is 24.5 Å². The summed E-state index contributed by atoms with van der Waals surface area (Å²) in [4.78, 5) is 28.6. The second kappa shape index (κ2) is 7.96. The fourth-order valence-corrected chi connectivity index (χ4v) is 3.91. The van der Waals surface area contributed by atoms with Gasteiger partial charge in [0, 0.05) is 31.4 Å². The Hall–Kier alpha value is -2.96. The molecule has 2 N–H and O–H groups in total. The lowest BCUT2D eigenvalue weighted by Crippen LogP contribution is -2.51. The van der Waals surface area contributed by atoms with E-state index in [1.165, 1.54) is 11.1 Å². The fraction of sp³-hybridized carbons (Fsp3) is 0.429. The normalized spacial score (nSPS) is 16.8. The first-order chi connectivity index (χ1) is 13.6. The zero-order chi connectivity index (χ0) is 19.5. The molecule has 0 aliphatic carbocycles. The van der Waals surface area contributed by atoms with Crippen LogP contribution in [0.2, 0.25) is 0 Å². The molecule has 7 nitrogen and oxygen atoms in total. The largest absolute Gasteiger partial charge is 0.467 e. The topological polar surface area (TPSA) is 77.8 Å². The van der Waals surface area contributed by atoms with Gasteiger partial charge in [0.25, 0.3) is 0 Å². The predicted octanol–water partition coefficient (Wildman–Crippen LogP) is 3.03. The highest BCUT2D eigenvalue weighted by atomic mass is 16.3. The first kappa shape index (κ1) is 18.4. The SMILES string of the molecule is Cc1ccc2c(c1)CCN2C(=O)NC1CCN(C(=O)NCc2ccco2)CC1. The summed E-state index contributed by atoms with van der Waals surface area (Å²) in [6, 6.07) is 9.83. The molecule has 0 saturated carbocycles. The standard InChI is InChI=1S/C21H26N4O3/c1-15-4-5-19-16(13-15)6-11-25(19)21(27)23-17-7-9-24(10-8-17)20(26)22-14-18-3-2-12-28-18/h2-5,12-13,17H,6-11,14H2,1H3,(H,22,26)(H,23,27). The quantitative estimate of drug-likeness (QED) is 0.857. The molecule has 4 amide bonds. The van der Waals surface area contributed by atoms with Gasteiger partial charge in [0.2, 0.25) is 0 Å². The number of benzene rings is 1. The summed E-state index contributed by atoms with van der Waals surface area (Å²) >= 11 is 0. The molecular formula is C21H26N4O3. The van der Waals surface area contributed by atoms with Crippen LogP contribution in [0.15, 0.2) is 41.0 Å². The van der Waals surface area contributed by atoms with Gasteiger partial charge in [-0.3, -0.25) is 4.90 Å². The van der Waals surface area contributed by atoms with E-state index in [0.717, 1.165) is 37.3 Å². The summed E-state index contributed by atoms with van der Waals surface area (Å²) in [6.07, 6.45) is 4.01. The monoisotopic (exact) mass is 382 g/mol. The minimum atomic E-state index is -0.0926. The van der Waals surface area contributed by atoms with Crippen LogP contribution in [0.1, 0.15) is 29.7 Å². The number of amides is 4. The second-order valence-corrected chi connectivity index (χ2v) is 7.48. The Balaban J connectivity index is 1.24. The van der Waals surface area contributed by atoms with Crippen LogP contribution in [-0.2, 0) is 13.0 Å². The number of furan rings is 1. The van der Waals surface area contributed by atoms with Gasteiger partial charge in [0.1, 0.15) is 5.76 Å². The molecule has 4 rings (SSSR count). The van der Waals surface area contributed by atoms with Crippen LogP contribution in [0.4, 0.5) is 15.3 Å². The van der Waals surface area contributed by atoms with Crippen molar-refractivity contribution in [2.24, 2.45) is 0 Å². The summed E-state index contributed by atoms with van der Waals surface area (Å²) in [5.74, 6) is 0.733. The lowest BCUT2D eigenvalue weighted by molar-refractivity contribution is 0.175. The van der Waals surface area contributed by atoms with Crippen LogP contribution >= 0.6 is 0 Å². The molecule has 1 fully saturated rings. The van der Waals surface area contributed by atoms with Gasteiger partial charge in [-0.05, 0) is 49.9 Å². The number of hydrogen-bond donors (Lipinski definition) is 2. The van der Waals surface area contributed by atoms with Crippen molar-refractivity contribution in [3.05, 3.63) is 53.5 Å². The maximum Gasteiger partial charge on any atom is 0.322 e. The van der Waals surface area contributed by atoms with Gasteiger partial charge in [-0.15, -0.1) is 0 Å². The average molecular weight is 382 g/mol. The Morgan fingerprint density at radius 1 is 1.14 bits per heavy atom. The number of carbonyl (C=O) groups excluding carboxylic acids is 2. The first-order valence-corrected chi connectivity index (χ1v) is 9.83. The summed E-state index contributed by atoms with van der Waals surface area (Å²) in [5, 5.41) is 6.01. The number of piperidine rings is 1. The van der Waals surface area contributed by atoms with Crippen LogP contribution in [0.25, 0.3) is 0 Å². The van der Waals surface area contributed by atoms with Gasteiger partial charge in [-0.2, -0.15) is 0 Å². The van der Waals surface area contributed by atoms with Crippen molar-refractivity contribution in [2.45, 2.75) is 38.8 Å². The molecule has 0 unspecified atom stereocenters. The van der Waals surface area contributed by atoms with Crippen LogP contribution in [-0.4, -0.2) is 42.6 Å². The lowest BCUT2D eigenvalue weighted by Gasteiger charge is -2.33. The Labute approximate surface area is 164 Å². The number of fused-ring (bicyclic) bond motifs is 1. The van der Waals surface area contributed by atoms with E-state index in [-0.39, 0.29) is 18.1 Å². The molecule has 2 aliphatic rings. The van der Waals surface area contributed by atoms with Gasteiger partial charge < -0.3 is 20.0 Å². The highest BCUT2D eigenvalue weighted by Gasteiger charge is 2.28. The Bertz CT molecular complexity index is 841. The van der Waals surface area contributed by atoms with Crippen molar-refractivity contribution < 1.29 is 14.0 Å². The maximum absolute atomic E-state index is 12.7. The molecule has 148 valence electrons. The molecule has 2 aliphatic heterocycles. The predicted molar refractivity (Wildman–Crippen MR) is 106 cm³/mol. The zero-order valence-corrected chi connectivity index (χ0v) is 16.1. The van der Waals surface area contributed by atoms with Crippen LogP contribution < -0.4 is 15.5 Å². The average Bonchev–Trinajstić information content (AvgIpc) is 3.36.